The van der Waals surface area contributed by atoms with E-state index in [4.69, 9.17) is 20.9 Å². The summed E-state index contributed by atoms with van der Waals surface area (Å²) in [6, 6.07) is 7.26. The number of nitrogens with two attached hydrogens (primary N) is 2. The molecular weight excluding hydrogens is 262 g/mol. The zero-order valence-corrected chi connectivity index (χ0v) is 11.1. The number of hydrogen-bond donors (Lipinski definition) is 3. The van der Waals surface area contributed by atoms with Crippen molar-refractivity contribution in [2.24, 2.45) is 11.5 Å². The number of nitrogens with one attached hydrogen (secondary N) is 1. The number of carbonyl (C=O) groups is 2. The van der Waals surface area contributed by atoms with E-state index in [9.17, 15) is 9.59 Å². The molecule has 5 N–H and O–H groups in total. The average Bonchev–Trinajstić information content (AvgIpc) is 2.44. The highest BCUT2D eigenvalue weighted by atomic mass is 16.5. The standard InChI is InChI=1S/C13H19N3O4/c14-7-10-3-1-2-4-11(10)20-9-13(18)16-5-6-19-8-12(15)17/h1-4H,5-9,14H2,(H2,15,17)(H,16,18). The second-order valence-corrected chi connectivity index (χ2v) is 3.97. The number of hydrogen-bond acceptors (Lipinski definition) is 5. The van der Waals surface area contributed by atoms with Crippen LogP contribution in [-0.2, 0) is 20.9 Å². The van der Waals surface area contributed by atoms with Gasteiger partial charge < -0.3 is 26.3 Å². The molecule has 1 aromatic rings. The first-order valence-electron chi connectivity index (χ1n) is 6.17. The first-order valence-corrected chi connectivity index (χ1v) is 6.17. The Kier molecular flexibility index (Phi) is 7.08. The molecule has 0 aliphatic rings. The normalized spacial score (nSPS) is 10.1. The fraction of sp³-hybridized carbons (Fsp3) is 0.385. The van der Waals surface area contributed by atoms with Crippen LogP contribution in [0.5, 0.6) is 5.75 Å². The van der Waals surface area contributed by atoms with Crippen molar-refractivity contribution in [2.45, 2.75) is 6.54 Å². The third-order valence-electron chi connectivity index (χ3n) is 2.36. The summed E-state index contributed by atoms with van der Waals surface area (Å²) < 4.78 is 10.3. The van der Waals surface area contributed by atoms with E-state index in [1.165, 1.54) is 0 Å². The van der Waals surface area contributed by atoms with Crippen molar-refractivity contribution in [3.05, 3.63) is 29.8 Å². The van der Waals surface area contributed by atoms with Gasteiger partial charge >= 0.3 is 0 Å². The molecule has 0 spiro atoms. The minimum atomic E-state index is -0.543. The van der Waals surface area contributed by atoms with Gasteiger partial charge in [0.2, 0.25) is 5.91 Å². The summed E-state index contributed by atoms with van der Waals surface area (Å²) >= 11 is 0. The third-order valence-corrected chi connectivity index (χ3v) is 2.36. The van der Waals surface area contributed by atoms with E-state index < -0.39 is 5.91 Å². The van der Waals surface area contributed by atoms with E-state index in [1.54, 1.807) is 6.07 Å². The number of primary amides is 1. The second kappa shape index (κ2) is 8.89. The van der Waals surface area contributed by atoms with Crippen LogP contribution in [0.25, 0.3) is 0 Å². The molecule has 1 rings (SSSR count). The molecule has 0 aliphatic carbocycles. The number of rotatable bonds is 9. The molecule has 0 saturated heterocycles. The Hall–Kier alpha value is -2.12. The maximum atomic E-state index is 11.5. The van der Waals surface area contributed by atoms with Crippen LogP contribution >= 0.6 is 0 Å². The fourth-order valence-corrected chi connectivity index (χ4v) is 1.44. The molecule has 7 nitrogen and oxygen atoms in total. The van der Waals surface area contributed by atoms with Gasteiger partial charge in [-0.15, -0.1) is 0 Å². The molecule has 110 valence electrons. The Morgan fingerprint density at radius 2 is 1.95 bits per heavy atom. The molecule has 1 aromatic carbocycles. The minimum Gasteiger partial charge on any atom is -0.483 e. The van der Waals surface area contributed by atoms with E-state index >= 15 is 0 Å². The highest BCUT2D eigenvalue weighted by molar-refractivity contribution is 5.77. The topological polar surface area (TPSA) is 117 Å². The summed E-state index contributed by atoms with van der Waals surface area (Å²) in [5, 5.41) is 2.59. The summed E-state index contributed by atoms with van der Waals surface area (Å²) in [7, 11) is 0. The molecule has 0 bridgehead atoms. The number of amides is 2. The summed E-state index contributed by atoms with van der Waals surface area (Å²) in [6.07, 6.45) is 0. The van der Waals surface area contributed by atoms with Crippen LogP contribution in [0.2, 0.25) is 0 Å². The van der Waals surface area contributed by atoms with Crippen molar-refractivity contribution >= 4 is 11.8 Å². The Bertz CT molecular complexity index is 451. The third kappa shape index (κ3) is 6.17. The van der Waals surface area contributed by atoms with Gasteiger partial charge in [0, 0.05) is 18.7 Å². The van der Waals surface area contributed by atoms with Crippen LogP contribution in [0.4, 0.5) is 0 Å². The number of para-hydroxylation sites is 1. The van der Waals surface area contributed by atoms with E-state index in [-0.39, 0.29) is 32.3 Å². The Labute approximate surface area is 117 Å². The van der Waals surface area contributed by atoms with Crippen molar-refractivity contribution < 1.29 is 19.1 Å². The smallest absolute Gasteiger partial charge is 0.258 e. The van der Waals surface area contributed by atoms with Gasteiger partial charge in [0.25, 0.3) is 5.91 Å². The predicted octanol–water partition coefficient (Wildman–Crippen LogP) is -0.858. The highest BCUT2D eigenvalue weighted by Crippen LogP contribution is 2.16. The molecular formula is C13H19N3O4. The first kappa shape index (κ1) is 15.9. The Morgan fingerprint density at radius 3 is 2.65 bits per heavy atom. The molecule has 0 fully saturated rings. The minimum absolute atomic E-state index is 0.104. The van der Waals surface area contributed by atoms with Crippen LogP contribution < -0.4 is 21.5 Å². The summed E-state index contributed by atoms with van der Waals surface area (Å²) in [5.41, 5.74) is 11.3. The Balaban J connectivity index is 2.21. The lowest BCUT2D eigenvalue weighted by Crippen LogP contribution is -2.32. The molecule has 20 heavy (non-hydrogen) atoms. The Morgan fingerprint density at radius 1 is 1.20 bits per heavy atom. The van der Waals surface area contributed by atoms with Gasteiger partial charge in [0.05, 0.1) is 6.61 Å². The molecule has 7 heteroatoms. The zero-order valence-electron chi connectivity index (χ0n) is 11.1. The molecule has 0 saturated carbocycles. The SMILES string of the molecule is NCc1ccccc1OCC(=O)NCCOCC(N)=O. The van der Waals surface area contributed by atoms with Gasteiger partial charge in [0.15, 0.2) is 6.61 Å². The molecule has 0 radical (unpaired) electrons. The summed E-state index contributed by atoms with van der Waals surface area (Å²) in [4.78, 5) is 21.9. The first-order chi connectivity index (χ1) is 9.63. The number of carbonyl (C=O) groups excluding carboxylic acids is 2. The molecule has 0 aromatic heterocycles. The monoisotopic (exact) mass is 281 g/mol. The van der Waals surface area contributed by atoms with Gasteiger partial charge in [-0.25, -0.2) is 0 Å². The quantitative estimate of drug-likeness (QED) is 0.509. The lowest BCUT2D eigenvalue weighted by Gasteiger charge is -2.10. The van der Waals surface area contributed by atoms with Gasteiger partial charge in [-0.3, -0.25) is 9.59 Å². The summed E-state index contributed by atoms with van der Waals surface area (Å²) in [6.45, 7) is 0.587. The average molecular weight is 281 g/mol. The maximum absolute atomic E-state index is 11.5. The van der Waals surface area contributed by atoms with E-state index in [2.05, 4.69) is 5.32 Å². The predicted molar refractivity (Wildman–Crippen MR) is 72.9 cm³/mol. The maximum Gasteiger partial charge on any atom is 0.258 e. The molecule has 0 aliphatic heterocycles. The van der Waals surface area contributed by atoms with E-state index in [1.807, 2.05) is 18.2 Å². The van der Waals surface area contributed by atoms with Crippen molar-refractivity contribution in [3.63, 3.8) is 0 Å². The molecule has 0 unspecified atom stereocenters. The van der Waals surface area contributed by atoms with Crippen LogP contribution in [0.1, 0.15) is 5.56 Å². The van der Waals surface area contributed by atoms with Gasteiger partial charge in [-0.2, -0.15) is 0 Å². The lowest BCUT2D eigenvalue weighted by molar-refractivity contribution is -0.123. The van der Waals surface area contributed by atoms with E-state index in [0.29, 0.717) is 12.3 Å². The number of ether oxygens (including phenoxy) is 2. The van der Waals surface area contributed by atoms with Crippen LogP contribution in [-0.4, -0.2) is 38.2 Å². The van der Waals surface area contributed by atoms with Crippen molar-refractivity contribution in [1.29, 1.82) is 0 Å². The molecule has 0 atom stereocenters. The second-order valence-electron chi connectivity index (χ2n) is 3.97. The zero-order chi connectivity index (χ0) is 14.8. The van der Waals surface area contributed by atoms with Gasteiger partial charge in [-0.05, 0) is 6.07 Å². The molecule has 0 heterocycles. The summed E-state index contributed by atoms with van der Waals surface area (Å²) in [5.74, 6) is -0.229. The van der Waals surface area contributed by atoms with E-state index in [0.717, 1.165) is 5.56 Å². The van der Waals surface area contributed by atoms with Gasteiger partial charge in [0.1, 0.15) is 12.4 Å². The number of benzene rings is 1. The van der Waals surface area contributed by atoms with Crippen molar-refractivity contribution in [1.82, 2.24) is 5.32 Å². The molecule has 2 amide bonds. The largest absolute Gasteiger partial charge is 0.483 e. The van der Waals surface area contributed by atoms with Crippen LogP contribution in [0.15, 0.2) is 24.3 Å². The van der Waals surface area contributed by atoms with Crippen LogP contribution in [0, 0.1) is 0 Å². The fourth-order valence-electron chi connectivity index (χ4n) is 1.44. The van der Waals surface area contributed by atoms with Crippen molar-refractivity contribution in [2.75, 3.05) is 26.4 Å². The van der Waals surface area contributed by atoms with Crippen LogP contribution in [0.3, 0.4) is 0 Å². The van der Waals surface area contributed by atoms with Crippen molar-refractivity contribution in [3.8, 4) is 5.75 Å². The highest BCUT2D eigenvalue weighted by Gasteiger charge is 2.05. The van der Waals surface area contributed by atoms with Gasteiger partial charge in [-0.1, -0.05) is 18.2 Å². The lowest BCUT2D eigenvalue weighted by atomic mass is 10.2.